The van der Waals surface area contributed by atoms with Gasteiger partial charge in [0.2, 0.25) is 0 Å². The van der Waals surface area contributed by atoms with Crippen molar-refractivity contribution in [3.05, 3.63) is 64.1 Å². The Labute approximate surface area is 152 Å². The summed E-state index contributed by atoms with van der Waals surface area (Å²) in [5.74, 6) is -1.04. The zero-order chi connectivity index (χ0) is 18.9. The van der Waals surface area contributed by atoms with E-state index in [1.165, 1.54) is 21.7 Å². The number of esters is 1. The highest BCUT2D eigenvalue weighted by atomic mass is 16.5. The summed E-state index contributed by atoms with van der Waals surface area (Å²) in [6.45, 7) is 2.49. The fourth-order valence-electron chi connectivity index (χ4n) is 2.28. The van der Waals surface area contributed by atoms with Crippen LogP contribution in [-0.4, -0.2) is 40.2 Å². The second-order valence-electron chi connectivity index (χ2n) is 5.95. The van der Waals surface area contributed by atoms with Crippen LogP contribution in [0.4, 0.5) is 0 Å². The van der Waals surface area contributed by atoms with Gasteiger partial charge >= 0.3 is 5.97 Å². The number of hydrogen-bond acceptors (Lipinski definition) is 5. The van der Waals surface area contributed by atoms with Crippen LogP contribution in [0.25, 0.3) is 0 Å². The van der Waals surface area contributed by atoms with Crippen molar-refractivity contribution in [3.63, 3.8) is 0 Å². The fraction of sp³-hybridized carbons (Fsp3) is 0.368. The Bertz CT molecular complexity index is 802. The van der Waals surface area contributed by atoms with Gasteiger partial charge in [-0.25, -0.2) is 9.48 Å². The number of carbonyl (C=O) groups excluding carboxylic acids is 2. The largest absolute Gasteiger partial charge is 0.451 e. The molecule has 2 rings (SSSR count). The van der Waals surface area contributed by atoms with Crippen molar-refractivity contribution in [2.24, 2.45) is 0 Å². The topological polar surface area (TPSA) is 81.5 Å². The summed E-state index contributed by atoms with van der Waals surface area (Å²) in [7, 11) is 1.65. The Morgan fingerprint density at radius 1 is 1.15 bits per heavy atom. The summed E-state index contributed by atoms with van der Waals surface area (Å²) in [6, 6.07) is 12.1. The average molecular weight is 357 g/mol. The van der Waals surface area contributed by atoms with E-state index in [1.54, 1.807) is 7.05 Å². The summed E-state index contributed by atoms with van der Waals surface area (Å²) in [4.78, 5) is 37.4. The monoisotopic (exact) mass is 357 g/mol. The van der Waals surface area contributed by atoms with Crippen molar-refractivity contribution in [2.75, 3.05) is 13.7 Å². The normalized spacial score (nSPS) is 10.4. The SMILES string of the molecule is CCCCn1nc(C(=O)OCC(=O)N(C)Cc2ccccc2)ccc1=O. The number of aryl methyl sites for hydroxylation is 1. The Hall–Kier alpha value is -2.96. The summed E-state index contributed by atoms with van der Waals surface area (Å²) in [5.41, 5.74) is 0.729. The van der Waals surface area contributed by atoms with E-state index in [4.69, 9.17) is 4.74 Å². The van der Waals surface area contributed by atoms with Crippen LogP contribution >= 0.6 is 0 Å². The molecule has 1 amide bonds. The fourth-order valence-corrected chi connectivity index (χ4v) is 2.28. The minimum absolute atomic E-state index is 0.0132. The predicted molar refractivity (Wildman–Crippen MR) is 96.6 cm³/mol. The molecule has 0 spiro atoms. The molecule has 1 aromatic heterocycles. The maximum atomic E-state index is 12.1. The molecule has 138 valence electrons. The highest BCUT2D eigenvalue weighted by Crippen LogP contribution is 2.03. The molecule has 0 bridgehead atoms. The molecule has 0 aliphatic heterocycles. The van der Waals surface area contributed by atoms with Crippen molar-refractivity contribution >= 4 is 11.9 Å². The number of benzene rings is 1. The van der Waals surface area contributed by atoms with E-state index in [2.05, 4.69) is 5.10 Å². The Morgan fingerprint density at radius 2 is 1.88 bits per heavy atom. The van der Waals surface area contributed by atoms with Gasteiger partial charge in [0.15, 0.2) is 12.3 Å². The molecule has 0 aliphatic carbocycles. The lowest BCUT2D eigenvalue weighted by Gasteiger charge is -2.17. The molecule has 0 unspecified atom stereocenters. The van der Waals surface area contributed by atoms with Crippen molar-refractivity contribution < 1.29 is 14.3 Å². The lowest BCUT2D eigenvalue weighted by Crippen LogP contribution is -2.31. The first-order chi connectivity index (χ1) is 12.5. The van der Waals surface area contributed by atoms with Gasteiger partial charge in [-0.15, -0.1) is 0 Å². The van der Waals surface area contributed by atoms with Crippen LogP contribution in [0, 0.1) is 0 Å². The molecule has 0 saturated heterocycles. The number of aromatic nitrogens is 2. The minimum Gasteiger partial charge on any atom is -0.451 e. The lowest BCUT2D eigenvalue weighted by molar-refractivity contribution is -0.133. The molecule has 0 radical (unpaired) electrons. The Kier molecular flexibility index (Phi) is 7.08. The molecule has 7 nitrogen and oxygen atoms in total. The number of nitrogens with zero attached hydrogens (tertiary/aromatic N) is 3. The molecule has 0 N–H and O–H groups in total. The lowest BCUT2D eigenvalue weighted by atomic mass is 10.2. The van der Waals surface area contributed by atoms with Crippen LogP contribution in [0.5, 0.6) is 0 Å². The van der Waals surface area contributed by atoms with E-state index >= 15 is 0 Å². The van der Waals surface area contributed by atoms with Crippen LogP contribution in [0.15, 0.2) is 47.3 Å². The van der Waals surface area contributed by atoms with E-state index in [-0.39, 0.29) is 23.8 Å². The molecule has 0 saturated carbocycles. The molecule has 1 heterocycles. The third-order valence-corrected chi connectivity index (χ3v) is 3.81. The third-order valence-electron chi connectivity index (χ3n) is 3.81. The number of ether oxygens (including phenoxy) is 1. The van der Waals surface area contributed by atoms with Crippen molar-refractivity contribution in [1.29, 1.82) is 0 Å². The van der Waals surface area contributed by atoms with Gasteiger partial charge in [0.05, 0.1) is 0 Å². The van der Waals surface area contributed by atoms with E-state index in [0.29, 0.717) is 13.1 Å². The van der Waals surface area contributed by atoms with E-state index in [1.807, 2.05) is 37.3 Å². The van der Waals surface area contributed by atoms with Gasteiger partial charge in [-0.2, -0.15) is 5.10 Å². The summed E-state index contributed by atoms with van der Waals surface area (Å²) in [5, 5.41) is 4.00. The Morgan fingerprint density at radius 3 is 2.58 bits per heavy atom. The third kappa shape index (κ3) is 5.54. The number of carbonyl (C=O) groups is 2. The number of rotatable bonds is 8. The van der Waals surface area contributed by atoms with Crippen molar-refractivity contribution in [2.45, 2.75) is 32.9 Å². The highest BCUT2D eigenvalue weighted by molar-refractivity contribution is 5.89. The molecule has 1 aromatic carbocycles. The van der Waals surface area contributed by atoms with Crippen LogP contribution < -0.4 is 5.56 Å². The molecule has 0 fully saturated rings. The number of likely N-dealkylation sites (N-methyl/N-ethyl adjacent to an activating group) is 1. The van der Waals surface area contributed by atoms with Gasteiger partial charge in [0.25, 0.3) is 11.5 Å². The first-order valence-corrected chi connectivity index (χ1v) is 8.54. The van der Waals surface area contributed by atoms with Crippen LogP contribution in [-0.2, 0) is 22.6 Å². The molecular formula is C19H23N3O4. The van der Waals surface area contributed by atoms with Gasteiger partial charge < -0.3 is 9.64 Å². The predicted octanol–water partition coefficient (Wildman–Crippen LogP) is 1.86. The van der Waals surface area contributed by atoms with Crippen molar-refractivity contribution in [3.8, 4) is 0 Å². The summed E-state index contributed by atoms with van der Waals surface area (Å²) >= 11 is 0. The zero-order valence-electron chi connectivity index (χ0n) is 15.1. The van der Waals surface area contributed by atoms with Gasteiger partial charge in [-0.1, -0.05) is 43.7 Å². The molecule has 0 atom stereocenters. The van der Waals surface area contributed by atoms with Crippen LogP contribution in [0.2, 0.25) is 0 Å². The van der Waals surface area contributed by atoms with E-state index < -0.39 is 5.97 Å². The number of amides is 1. The molecular weight excluding hydrogens is 334 g/mol. The Balaban J connectivity index is 1.91. The molecule has 0 aliphatic rings. The summed E-state index contributed by atoms with van der Waals surface area (Å²) < 4.78 is 6.28. The molecule has 26 heavy (non-hydrogen) atoms. The maximum Gasteiger partial charge on any atom is 0.359 e. The summed E-state index contributed by atoms with van der Waals surface area (Å²) in [6.07, 6.45) is 1.69. The van der Waals surface area contributed by atoms with Crippen molar-refractivity contribution in [1.82, 2.24) is 14.7 Å². The molecule has 2 aromatic rings. The standard InChI is InChI=1S/C19H23N3O4/c1-3-4-12-22-17(23)11-10-16(20-22)19(25)26-14-18(24)21(2)13-15-8-6-5-7-9-15/h5-11H,3-4,12-14H2,1-2H3. The number of hydrogen-bond donors (Lipinski definition) is 0. The van der Waals surface area contributed by atoms with Gasteiger partial charge in [-0.05, 0) is 18.1 Å². The van der Waals surface area contributed by atoms with E-state index in [0.717, 1.165) is 18.4 Å². The first-order valence-electron chi connectivity index (χ1n) is 8.54. The number of unbranched alkanes of at least 4 members (excludes halogenated alkanes) is 1. The van der Waals surface area contributed by atoms with Crippen LogP contribution in [0.3, 0.4) is 0 Å². The average Bonchev–Trinajstić information content (AvgIpc) is 2.65. The van der Waals surface area contributed by atoms with Gasteiger partial charge in [0, 0.05) is 26.2 Å². The van der Waals surface area contributed by atoms with E-state index in [9.17, 15) is 14.4 Å². The molecule has 7 heteroatoms. The first kappa shape index (κ1) is 19.4. The second-order valence-corrected chi connectivity index (χ2v) is 5.95. The van der Waals surface area contributed by atoms with Gasteiger partial charge in [-0.3, -0.25) is 9.59 Å². The van der Waals surface area contributed by atoms with Crippen LogP contribution in [0.1, 0.15) is 35.8 Å². The minimum atomic E-state index is -0.725. The quantitative estimate of drug-likeness (QED) is 0.674. The smallest absolute Gasteiger partial charge is 0.359 e. The second kappa shape index (κ2) is 9.50. The highest BCUT2D eigenvalue weighted by Gasteiger charge is 2.15. The van der Waals surface area contributed by atoms with Gasteiger partial charge in [0.1, 0.15) is 0 Å². The zero-order valence-corrected chi connectivity index (χ0v) is 15.1. The maximum absolute atomic E-state index is 12.1.